The van der Waals surface area contributed by atoms with E-state index in [0.717, 1.165) is 6.54 Å². The minimum atomic E-state index is -3.55. The molecule has 1 atom stereocenters. The standard InChI is InChI=1S/C13H25N5O2S/c1-4-14-8-11-9-15-17-13(11)21(19,20)16-7-10(2)18(3)12-5-6-12/h9-10,12,14,16H,4-8H2,1-3H3,(H,15,17). The number of H-pyrrole nitrogens is 1. The molecule has 0 bridgehead atoms. The molecule has 1 aromatic heterocycles. The topological polar surface area (TPSA) is 90.1 Å². The Morgan fingerprint density at radius 3 is 2.86 bits per heavy atom. The van der Waals surface area contributed by atoms with Crippen molar-refractivity contribution in [3.05, 3.63) is 11.8 Å². The van der Waals surface area contributed by atoms with Crippen LogP contribution >= 0.6 is 0 Å². The minimum absolute atomic E-state index is 0.157. The molecule has 8 heteroatoms. The van der Waals surface area contributed by atoms with Crippen molar-refractivity contribution in [1.29, 1.82) is 0 Å². The molecule has 1 saturated carbocycles. The molecule has 7 nitrogen and oxygen atoms in total. The van der Waals surface area contributed by atoms with Gasteiger partial charge in [0.25, 0.3) is 10.0 Å². The van der Waals surface area contributed by atoms with Crippen molar-refractivity contribution in [3.8, 4) is 0 Å². The van der Waals surface area contributed by atoms with Gasteiger partial charge in [0.05, 0.1) is 6.20 Å². The zero-order valence-electron chi connectivity index (χ0n) is 12.9. The van der Waals surface area contributed by atoms with Crippen LogP contribution in [0.2, 0.25) is 0 Å². The van der Waals surface area contributed by atoms with Crippen LogP contribution in [-0.4, -0.2) is 55.7 Å². The first kappa shape index (κ1) is 16.4. The van der Waals surface area contributed by atoms with Crippen molar-refractivity contribution in [3.63, 3.8) is 0 Å². The fraction of sp³-hybridized carbons (Fsp3) is 0.769. The molecule has 0 radical (unpaired) electrons. The predicted octanol–water partition coefficient (Wildman–Crippen LogP) is 0.280. The summed E-state index contributed by atoms with van der Waals surface area (Å²) < 4.78 is 27.4. The van der Waals surface area contributed by atoms with Gasteiger partial charge in [0, 0.05) is 30.7 Å². The van der Waals surface area contributed by atoms with Gasteiger partial charge in [0.2, 0.25) is 0 Å². The quantitative estimate of drug-likeness (QED) is 0.609. The van der Waals surface area contributed by atoms with Crippen molar-refractivity contribution in [2.75, 3.05) is 20.1 Å². The lowest BCUT2D eigenvalue weighted by Gasteiger charge is -2.24. The van der Waals surface area contributed by atoms with Crippen LogP contribution in [0.4, 0.5) is 0 Å². The molecule has 3 N–H and O–H groups in total. The molecule has 1 unspecified atom stereocenters. The van der Waals surface area contributed by atoms with Crippen LogP contribution in [-0.2, 0) is 16.6 Å². The van der Waals surface area contributed by atoms with E-state index in [4.69, 9.17) is 0 Å². The van der Waals surface area contributed by atoms with Gasteiger partial charge in [-0.15, -0.1) is 0 Å². The predicted molar refractivity (Wildman–Crippen MR) is 81.4 cm³/mol. The summed E-state index contributed by atoms with van der Waals surface area (Å²) in [5.74, 6) is 0. The minimum Gasteiger partial charge on any atom is -0.313 e. The molecule has 0 aromatic carbocycles. The Morgan fingerprint density at radius 2 is 2.24 bits per heavy atom. The summed E-state index contributed by atoms with van der Waals surface area (Å²) in [6.07, 6.45) is 3.97. The molecule has 1 aliphatic rings. The van der Waals surface area contributed by atoms with E-state index < -0.39 is 10.0 Å². The van der Waals surface area contributed by atoms with Crippen molar-refractivity contribution in [1.82, 2.24) is 25.1 Å². The third-order valence-corrected chi connectivity index (χ3v) is 5.34. The first-order valence-electron chi connectivity index (χ1n) is 7.40. The van der Waals surface area contributed by atoms with E-state index in [9.17, 15) is 8.42 Å². The number of nitrogens with one attached hydrogen (secondary N) is 3. The first-order chi connectivity index (χ1) is 9.95. The van der Waals surface area contributed by atoms with E-state index in [-0.39, 0.29) is 11.1 Å². The Hall–Kier alpha value is -0.960. The number of sulfonamides is 1. The van der Waals surface area contributed by atoms with Crippen LogP contribution in [0.1, 0.15) is 32.3 Å². The van der Waals surface area contributed by atoms with Crippen LogP contribution in [0.5, 0.6) is 0 Å². The second-order valence-electron chi connectivity index (χ2n) is 5.60. The van der Waals surface area contributed by atoms with Gasteiger partial charge < -0.3 is 5.32 Å². The Labute approximate surface area is 126 Å². The summed E-state index contributed by atoms with van der Waals surface area (Å²) in [6.45, 7) is 5.67. The van der Waals surface area contributed by atoms with E-state index in [1.54, 1.807) is 6.20 Å². The highest BCUT2D eigenvalue weighted by molar-refractivity contribution is 7.89. The number of nitrogens with zero attached hydrogens (tertiary/aromatic N) is 2. The normalized spacial score (nSPS) is 17.3. The van der Waals surface area contributed by atoms with Crippen LogP contribution < -0.4 is 10.0 Å². The highest BCUT2D eigenvalue weighted by Crippen LogP contribution is 2.26. The van der Waals surface area contributed by atoms with E-state index in [2.05, 4.69) is 25.1 Å². The molecule has 1 aromatic rings. The Bertz CT molecular complexity index is 553. The number of hydrogen-bond acceptors (Lipinski definition) is 5. The molecule has 1 aliphatic carbocycles. The Balaban J connectivity index is 1.96. The third kappa shape index (κ3) is 4.26. The first-order valence-corrected chi connectivity index (χ1v) is 8.88. The van der Waals surface area contributed by atoms with Gasteiger partial charge in [-0.3, -0.25) is 10.00 Å². The molecular weight excluding hydrogens is 290 g/mol. The average molecular weight is 315 g/mol. The fourth-order valence-electron chi connectivity index (χ4n) is 2.21. The number of aromatic amines is 1. The summed E-state index contributed by atoms with van der Waals surface area (Å²) in [5, 5.41) is 9.70. The molecular formula is C13H25N5O2S. The zero-order chi connectivity index (χ0) is 15.5. The molecule has 21 heavy (non-hydrogen) atoms. The molecule has 2 rings (SSSR count). The number of likely N-dealkylation sites (N-methyl/N-ethyl adjacent to an activating group) is 1. The summed E-state index contributed by atoms with van der Waals surface area (Å²) in [4.78, 5) is 2.23. The van der Waals surface area contributed by atoms with Crippen LogP contribution in [0, 0.1) is 0 Å². The van der Waals surface area contributed by atoms with E-state index in [1.807, 2.05) is 20.9 Å². The zero-order valence-corrected chi connectivity index (χ0v) is 13.7. The van der Waals surface area contributed by atoms with Crippen LogP contribution in [0.25, 0.3) is 0 Å². The van der Waals surface area contributed by atoms with Gasteiger partial charge in [-0.05, 0) is 33.4 Å². The maximum Gasteiger partial charge on any atom is 0.257 e. The van der Waals surface area contributed by atoms with Crippen LogP contribution in [0.3, 0.4) is 0 Å². The Kier molecular flexibility index (Phi) is 5.37. The Morgan fingerprint density at radius 1 is 1.52 bits per heavy atom. The van der Waals surface area contributed by atoms with Gasteiger partial charge in [0.1, 0.15) is 0 Å². The fourth-order valence-corrected chi connectivity index (χ4v) is 3.45. The monoisotopic (exact) mass is 315 g/mol. The molecule has 0 aliphatic heterocycles. The smallest absolute Gasteiger partial charge is 0.257 e. The van der Waals surface area contributed by atoms with E-state index in [1.165, 1.54) is 12.8 Å². The molecule has 0 spiro atoms. The van der Waals surface area contributed by atoms with Crippen molar-refractivity contribution >= 4 is 10.0 Å². The highest BCUT2D eigenvalue weighted by Gasteiger charge is 2.30. The van der Waals surface area contributed by atoms with Gasteiger partial charge in [0.15, 0.2) is 5.03 Å². The number of rotatable bonds is 9. The van der Waals surface area contributed by atoms with Crippen LogP contribution in [0.15, 0.2) is 11.2 Å². The maximum absolute atomic E-state index is 12.4. The third-order valence-electron chi connectivity index (χ3n) is 3.90. The SMILES string of the molecule is CCNCc1cn[nH]c1S(=O)(=O)NCC(C)N(C)C1CC1. The molecule has 1 fully saturated rings. The molecule has 1 heterocycles. The van der Waals surface area contributed by atoms with E-state index >= 15 is 0 Å². The maximum atomic E-state index is 12.4. The van der Waals surface area contributed by atoms with Gasteiger partial charge >= 0.3 is 0 Å². The summed E-state index contributed by atoms with van der Waals surface area (Å²) >= 11 is 0. The van der Waals surface area contributed by atoms with Gasteiger partial charge in [-0.1, -0.05) is 6.92 Å². The molecule has 120 valence electrons. The van der Waals surface area contributed by atoms with Gasteiger partial charge in [-0.25, -0.2) is 13.1 Å². The number of hydrogen-bond donors (Lipinski definition) is 3. The van der Waals surface area contributed by atoms with Crippen molar-refractivity contribution in [2.45, 2.75) is 50.3 Å². The highest BCUT2D eigenvalue weighted by atomic mass is 32.2. The van der Waals surface area contributed by atoms with E-state index in [0.29, 0.717) is 24.7 Å². The average Bonchev–Trinajstić information content (AvgIpc) is 3.19. The number of aromatic nitrogens is 2. The summed E-state index contributed by atoms with van der Waals surface area (Å²) in [5.41, 5.74) is 0.660. The summed E-state index contributed by atoms with van der Waals surface area (Å²) in [7, 11) is -1.50. The molecule has 0 saturated heterocycles. The second kappa shape index (κ2) is 6.87. The lowest BCUT2D eigenvalue weighted by Crippen LogP contribution is -2.41. The lowest BCUT2D eigenvalue weighted by molar-refractivity contribution is 0.248. The largest absolute Gasteiger partial charge is 0.313 e. The second-order valence-corrected chi connectivity index (χ2v) is 7.31. The molecule has 0 amide bonds. The van der Waals surface area contributed by atoms with Gasteiger partial charge in [-0.2, -0.15) is 5.10 Å². The summed E-state index contributed by atoms with van der Waals surface area (Å²) in [6, 6.07) is 0.786. The van der Waals surface area contributed by atoms with Crippen molar-refractivity contribution in [2.24, 2.45) is 0 Å². The lowest BCUT2D eigenvalue weighted by atomic mass is 10.3. The van der Waals surface area contributed by atoms with Crippen molar-refractivity contribution < 1.29 is 8.42 Å².